The number of carbonyl (C=O) groups excluding carboxylic acids is 2. The predicted octanol–water partition coefficient (Wildman–Crippen LogP) is 3.30. The number of hydrogen-bond donors (Lipinski definition) is 2. The van der Waals surface area contributed by atoms with E-state index in [4.69, 9.17) is 11.6 Å². The third-order valence-corrected chi connectivity index (χ3v) is 6.25. The Morgan fingerprint density at radius 3 is 2.54 bits per heavy atom. The predicted molar refractivity (Wildman–Crippen MR) is 106 cm³/mol. The van der Waals surface area contributed by atoms with Gasteiger partial charge in [0.25, 0.3) is 5.91 Å². The molecule has 2 aliphatic rings. The highest BCUT2D eigenvalue weighted by Gasteiger charge is 2.59. The second-order valence-corrected chi connectivity index (χ2v) is 8.23. The van der Waals surface area contributed by atoms with Crippen LogP contribution in [-0.4, -0.2) is 32.9 Å². The fourth-order valence-corrected chi connectivity index (χ4v) is 4.82. The van der Waals surface area contributed by atoms with Crippen LogP contribution >= 0.6 is 11.6 Å². The minimum atomic E-state index is -0.149. The van der Waals surface area contributed by atoms with Crippen LogP contribution in [0.4, 0.5) is 5.82 Å². The summed E-state index contributed by atoms with van der Waals surface area (Å²) in [6, 6.07) is 7.48. The lowest BCUT2D eigenvalue weighted by Gasteiger charge is -2.21. The molecule has 1 heterocycles. The molecular weight excluding hydrogens is 378 g/mol. The summed E-state index contributed by atoms with van der Waals surface area (Å²) in [5.41, 5.74) is 0.639. The molecule has 7 nitrogen and oxygen atoms in total. The van der Waals surface area contributed by atoms with E-state index in [0.717, 1.165) is 19.3 Å². The Bertz CT molecular complexity index is 869. The van der Waals surface area contributed by atoms with Gasteiger partial charge in [-0.1, -0.05) is 23.7 Å². The number of benzene rings is 1. The van der Waals surface area contributed by atoms with Crippen LogP contribution in [0.1, 0.15) is 49.5 Å². The summed E-state index contributed by atoms with van der Waals surface area (Å²) in [6.07, 6.45) is 4.78. The van der Waals surface area contributed by atoms with Crippen LogP contribution in [-0.2, 0) is 4.79 Å². The fourth-order valence-electron chi connectivity index (χ4n) is 4.69. The quantitative estimate of drug-likeness (QED) is 0.777. The molecule has 1 aromatic heterocycles. The van der Waals surface area contributed by atoms with E-state index < -0.39 is 0 Å². The highest BCUT2D eigenvalue weighted by molar-refractivity contribution is 6.30. The Morgan fingerprint density at radius 2 is 1.93 bits per heavy atom. The van der Waals surface area contributed by atoms with Crippen molar-refractivity contribution in [3.8, 4) is 0 Å². The maximum Gasteiger partial charge on any atom is 0.251 e. The van der Waals surface area contributed by atoms with Gasteiger partial charge in [0.2, 0.25) is 5.91 Å². The number of anilines is 1. The molecule has 8 heteroatoms. The normalized spacial score (nSPS) is 26.4. The van der Waals surface area contributed by atoms with Gasteiger partial charge >= 0.3 is 0 Å². The number of nitrogens with zero attached hydrogens (tertiary/aromatic N) is 3. The fraction of sp³-hybridized carbons (Fsp3) is 0.500. The van der Waals surface area contributed by atoms with Crippen LogP contribution in [0.15, 0.2) is 30.5 Å². The van der Waals surface area contributed by atoms with E-state index in [2.05, 4.69) is 27.9 Å². The van der Waals surface area contributed by atoms with Crippen molar-refractivity contribution in [3.05, 3.63) is 41.0 Å². The van der Waals surface area contributed by atoms with Crippen molar-refractivity contribution in [1.82, 2.24) is 20.3 Å². The topological polar surface area (TPSA) is 88.9 Å². The summed E-state index contributed by atoms with van der Waals surface area (Å²) in [7, 11) is 0. The summed E-state index contributed by atoms with van der Waals surface area (Å²) in [5.74, 6) is 2.04. The molecule has 4 rings (SSSR count). The lowest BCUT2D eigenvalue weighted by molar-refractivity contribution is -0.114. The van der Waals surface area contributed by atoms with Gasteiger partial charge in [-0.2, -0.15) is 0 Å². The van der Waals surface area contributed by atoms with Gasteiger partial charge in [-0.25, -0.2) is 4.68 Å². The standard InChI is InChI=1S/C20H24ClN5O2/c1-3-17(23-20(28)12-4-6-13(21)7-5-12)19-15-8-14(9-16(15)19)26-10-18(24-25-26)22-11(2)27/h4-7,10,14-17,19H,3,8-9H2,1-2H3,(H,22,27)(H,23,28)/t14-,15-,16+,17?,19+. The molecule has 28 heavy (non-hydrogen) atoms. The lowest BCUT2D eigenvalue weighted by Crippen LogP contribution is -2.37. The van der Waals surface area contributed by atoms with Crippen LogP contribution in [0.25, 0.3) is 0 Å². The lowest BCUT2D eigenvalue weighted by atomic mass is 9.99. The van der Waals surface area contributed by atoms with Gasteiger partial charge in [0.15, 0.2) is 5.82 Å². The van der Waals surface area contributed by atoms with E-state index in [0.29, 0.717) is 40.2 Å². The highest BCUT2D eigenvalue weighted by Crippen LogP contribution is 2.62. The molecule has 0 spiro atoms. The summed E-state index contributed by atoms with van der Waals surface area (Å²) in [6.45, 7) is 3.58. The summed E-state index contributed by atoms with van der Waals surface area (Å²) >= 11 is 5.90. The molecule has 0 radical (unpaired) electrons. The van der Waals surface area contributed by atoms with Crippen LogP contribution in [0.5, 0.6) is 0 Å². The zero-order valence-corrected chi connectivity index (χ0v) is 16.7. The average Bonchev–Trinajstić information content (AvgIpc) is 3.02. The minimum absolute atomic E-state index is 0.0405. The first-order valence-corrected chi connectivity index (χ1v) is 10.1. The Morgan fingerprint density at radius 1 is 1.25 bits per heavy atom. The number of hydrogen-bond acceptors (Lipinski definition) is 4. The second kappa shape index (κ2) is 7.54. The third-order valence-electron chi connectivity index (χ3n) is 6.00. The van der Waals surface area contributed by atoms with E-state index in [9.17, 15) is 9.59 Å². The minimum Gasteiger partial charge on any atom is -0.349 e. The molecule has 2 saturated carbocycles. The first-order valence-electron chi connectivity index (χ1n) is 9.72. The number of amides is 2. The van der Waals surface area contributed by atoms with Crippen molar-refractivity contribution in [2.24, 2.45) is 17.8 Å². The average molecular weight is 402 g/mol. The van der Waals surface area contributed by atoms with Crippen LogP contribution in [0, 0.1) is 17.8 Å². The van der Waals surface area contributed by atoms with E-state index in [-0.39, 0.29) is 17.9 Å². The molecule has 148 valence electrons. The monoisotopic (exact) mass is 401 g/mol. The number of fused-ring (bicyclic) bond motifs is 1. The Labute approximate surface area is 168 Å². The SMILES string of the molecule is CCC(NC(=O)c1ccc(Cl)cc1)[C@H]1[C@@H]2C[C@@H](n3cc(NC(C)=O)nn3)C[C@@H]21. The molecule has 2 amide bonds. The van der Waals surface area contributed by atoms with Gasteiger partial charge in [-0.05, 0) is 61.3 Å². The van der Waals surface area contributed by atoms with Gasteiger partial charge in [0.1, 0.15) is 0 Å². The molecule has 0 aliphatic heterocycles. The van der Waals surface area contributed by atoms with Crippen molar-refractivity contribution in [3.63, 3.8) is 0 Å². The maximum absolute atomic E-state index is 12.5. The third kappa shape index (κ3) is 3.76. The smallest absolute Gasteiger partial charge is 0.251 e. The summed E-state index contributed by atoms with van der Waals surface area (Å²) < 4.78 is 1.86. The first-order chi connectivity index (χ1) is 13.5. The maximum atomic E-state index is 12.5. The van der Waals surface area contributed by atoms with E-state index >= 15 is 0 Å². The largest absolute Gasteiger partial charge is 0.349 e. The molecule has 2 fully saturated rings. The Balaban J connectivity index is 1.33. The van der Waals surface area contributed by atoms with Crippen LogP contribution in [0.3, 0.4) is 0 Å². The van der Waals surface area contributed by atoms with Crippen molar-refractivity contribution in [2.75, 3.05) is 5.32 Å². The number of aromatic nitrogens is 3. The molecule has 1 aromatic carbocycles. The number of nitrogens with one attached hydrogen (secondary N) is 2. The Kier molecular flexibility index (Phi) is 5.10. The first kappa shape index (κ1) is 18.9. The summed E-state index contributed by atoms with van der Waals surface area (Å²) in [4.78, 5) is 23.7. The second-order valence-electron chi connectivity index (χ2n) is 7.79. The number of carbonyl (C=O) groups is 2. The zero-order chi connectivity index (χ0) is 19.8. The number of halogens is 1. The van der Waals surface area contributed by atoms with E-state index in [1.54, 1.807) is 30.5 Å². The van der Waals surface area contributed by atoms with Gasteiger partial charge in [-0.3, -0.25) is 9.59 Å². The number of rotatable bonds is 6. The van der Waals surface area contributed by atoms with Crippen LogP contribution in [0.2, 0.25) is 5.02 Å². The van der Waals surface area contributed by atoms with Crippen LogP contribution < -0.4 is 10.6 Å². The van der Waals surface area contributed by atoms with Crippen molar-refractivity contribution in [1.29, 1.82) is 0 Å². The van der Waals surface area contributed by atoms with E-state index in [1.165, 1.54) is 6.92 Å². The van der Waals surface area contributed by atoms with Crippen molar-refractivity contribution >= 4 is 29.2 Å². The summed E-state index contributed by atoms with van der Waals surface area (Å²) in [5, 5.41) is 14.7. The van der Waals surface area contributed by atoms with Crippen molar-refractivity contribution < 1.29 is 9.59 Å². The molecule has 5 atom stereocenters. The zero-order valence-electron chi connectivity index (χ0n) is 15.9. The molecule has 2 aliphatic carbocycles. The molecular formula is C20H24ClN5O2. The molecule has 0 bridgehead atoms. The van der Waals surface area contributed by atoms with Crippen molar-refractivity contribution in [2.45, 2.75) is 45.2 Å². The van der Waals surface area contributed by atoms with Gasteiger partial charge in [0.05, 0.1) is 12.2 Å². The molecule has 0 saturated heterocycles. The molecule has 2 aromatic rings. The van der Waals surface area contributed by atoms with Gasteiger partial charge in [0, 0.05) is 23.6 Å². The van der Waals surface area contributed by atoms with E-state index in [1.807, 2.05) is 4.68 Å². The molecule has 2 N–H and O–H groups in total. The Hall–Kier alpha value is -2.41. The van der Waals surface area contributed by atoms with Gasteiger partial charge in [-0.15, -0.1) is 5.10 Å². The van der Waals surface area contributed by atoms with Gasteiger partial charge < -0.3 is 10.6 Å². The molecule has 1 unspecified atom stereocenters. The highest BCUT2D eigenvalue weighted by atomic mass is 35.5.